The number of aryl methyl sites for hydroxylation is 2. The molecular weight excluding hydrogens is 386 g/mol. The molecule has 6 nitrogen and oxygen atoms in total. The molecule has 0 atom stereocenters. The number of likely N-dealkylation sites (N-methyl/N-ethyl adjacent to an activating group) is 1. The van der Waals surface area contributed by atoms with Gasteiger partial charge in [0, 0.05) is 28.9 Å². The minimum Gasteiger partial charge on any atom is -0.361 e. The molecule has 2 aromatic carbocycles. The van der Waals surface area contributed by atoms with Crippen LogP contribution in [0.2, 0.25) is 0 Å². The Kier molecular flexibility index (Phi) is 6.72. The summed E-state index contributed by atoms with van der Waals surface area (Å²) in [6, 6.07) is 16.6. The van der Waals surface area contributed by atoms with E-state index >= 15 is 0 Å². The topological polar surface area (TPSA) is 75.4 Å². The van der Waals surface area contributed by atoms with Crippen LogP contribution in [-0.4, -0.2) is 35.5 Å². The molecule has 1 heterocycles. The molecule has 0 bridgehead atoms. The highest BCUT2D eigenvalue weighted by Crippen LogP contribution is 2.29. The molecule has 3 aromatic rings. The zero-order chi connectivity index (χ0) is 20.8. The molecule has 1 aromatic heterocycles. The third kappa shape index (κ3) is 5.26. The number of rotatable bonds is 7. The van der Waals surface area contributed by atoms with E-state index in [1.54, 1.807) is 37.0 Å². The van der Waals surface area contributed by atoms with Gasteiger partial charge in [0.15, 0.2) is 0 Å². The van der Waals surface area contributed by atoms with Crippen LogP contribution in [0.25, 0.3) is 0 Å². The fraction of sp³-hybridized carbons (Fsp3) is 0.227. The van der Waals surface area contributed by atoms with E-state index in [9.17, 15) is 9.59 Å². The number of nitrogens with one attached hydrogen (secondary N) is 1. The number of carbonyl (C=O) groups is 2. The molecule has 29 heavy (non-hydrogen) atoms. The smallest absolute Gasteiger partial charge is 0.255 e. The highest BCUT2D eigenvalue weighted by atomic mass is 32.2. The van der Waals surface area contributed by atoms with Gasteiger partial charge in [-0.3, -0.25) is 9.59 Å². The standard InChI is InChI=1S/C22H23N3O3S/c1-15-19(16(2)28-24-15)14-29-20-12-8-7-11-18(20)22(27)25(3)13-21(26)23-17-9-5-4-6-10-17/h4-12H,13-14H2,1-3H3,(H,23,26). The quantitative estimate of drug-likeness (QED) is 0.589. The van der Waals surface area contributed by atoms with E-state index in [2.05, 4.69) is 10.5 Å². The number of amides is 2. The highest BCUT2D eigenvalue weighted by molar-refractivity contribution is 7.98. The molecule has 150 valence electrons. The molecule has 0 fully saturated rings. The molecule has 0 aliphatic carbocycles. The molecule has 0 saturated carbocycles. The van der Waals surface area contributed by atoms with E-state index < -0.39 is 0 Å². The van der Waals surface area contributed by atoms with Gasteiger partial charge in [-0.1, -0.05) is 35.5 Å². The molecule has 3 rings (SSSR count). The van der Waals surface area contributed by atoms with Crippen LogP contribution in [0.1, 0.15) is 27.4 Å². The van der Waals surface area contributed by atoms with Gasteiger partial charge in [0.25, 0.3) is 5.91 Å². The lowest BCUT2D eigenvalue weighted by Gasteiger charge is -2.18. The zero-order valence-electron chi connectivity index (χ0n) is 16.6. The van der Waals surface area contributed by atoms with E-state index in [1.807, 2.05) is 50.2 Å². The van der Waals surface area contributed by atoms with Gasteiger partial charge in [-0.25, -0.2) is 0 Å². The summed E-state index contributed by atoms with van der Waals surface area (Å²) >= 11 is 1.55. The molecule has 0 radical (unpaired) electrons. The predicted octanol–water partition coefficient (Wildman–Crippen LogP) is 4.29. The van der Waals surface area contributed by atoms with E-state index in [1.165, 1.54) is 4.90 Å². The molecule has 1 N–H and O–H groups in total. The maximum absolute atomic E-state index is 13.0. The zero-order valence-corrected chi connectivity index (χ0v) is 17.5. The normalized spacial score (nSPS) is 10.6. The van der Waals surface area contributed by atoms with Gasteiger partial charge in [-0.05, 0) is 38.1 Å². The summed E-state index contributed by atoms with van der Waals surface area (Å²) in [5.74, 6) is 1.00. The van der Waals surface area contributed by atoms with E-state index in [0.29, 0.717) is 17.0 Å². The first-order valence-corrected chi connectivity index (χ1v) is 10.2. The first kappa shape index (κ1) is 20.7. The largest absolute Gasteiger partial charge is 0.361 e. The van der Waals surface area contributed by atoms with E-state index in [0.717, 1.165) is 21.9 Å². The molecular formula is C22H23N3O3S. The Bertz CT molecular complexity index is 982. The van der Waals surface area contributed by atoms with Gasteiger partial charge in [0.05, 0.1) is 17.8 Å². The van der Waals surface area contributed by atoms with Crippen molar-refractivity contribution in [1.29, 1.82) is 0 Å². The SMILES string of the molecule is Cc1noc(C)c1CSc1ccccc1C(=O)N(C)CC(=O)Nc1ccccc1. The summed E-state index contributed by atoms with van der Waals surface area (Å²) in [5.41, 5.74) is 3.16. The lowest BCUT2D eigenvalue weighted by Crippen LogP contribution is -2.35. The number of thioether (sulfide) groups is 1. The Morgan fingerprint density at radius 3 is 2.45 bits per heavy atom. The summed E-state index contributed by atoms with van der Waals surface area (Å²) in [5, 5.41) is 6.77. The number of para-hydroxylation sites is 1. The lowest BCUT2D eigenvalue weighted by molar-refractivity contribution is -0.116. The average molecular weight is 410 g/mol. The molecule has 0 unspecified atom stereocenters. The fourth-order valence-electron chi connectivity index (χ4n) is 2.84. The van der Waals surface area contributed by atoms with Crippen molar-refractivity contribution in [1.82, 2.24) is 10.1 Å². The van der Waals surface area contributed by atoms with Crippen molar-refractivity contribution < 1.29 is 14.1 Å². The second-order valence-corrected chi connectivity index (χ2v) is 7.68. The highest BCUT2D eigenvalue weighted by Gasteiger charge is 2.19. The number of hydrogen-bond donors (Lipinski definition) is 1. The maximum Gasteiger partial charge on any atom is 0.255 e. The predicted molar refractivity (Wildman–Crippen MR) is 114 cm³/mol. The van der Waals surface area contributed by atoms with Crippen LogP contribution in [0.5, 0.6) is 0 Å². The van der Waals surface area contributed by atoms with Gasteiger partial charge in [-0.2, -0.15) is 0 Å². The number of aromatic nitrogens is 1. The monoisotopic (exact) mass is 409 g/mol. The van der Waals surface area contributed by atoms with Gasteiger partial charge >= 0.3 is 0 Å². The Morgan fingerprint density at radius 1 is 1.07 bits per heavy atom. The van der Waals surface area contributed by atoms with Crippen LogP contribution >= 0.6 is 11.8 Å². The summed E-state index contributed by atoms with van der Waals surface area (Å²) in [6.45, 7) is 3.76. The fourth-order valence-corrected chi connectivity index (χ4v) is 4.04. The molecule has 0 aliphatic rings. The van der Waals surface area contributed by atoms with Gasteiger partial charge in [0.2, 0.25) is 5.91 Å². The van der Waals surface area contributed by atoms with Crippen molar-refractivity contribution in [3.05, 3.63) is 77.2 Å². The number of nitrogens with zero attached hydrogens (tertiary/aromatic N) is 2. The van der Waals surface area contributed by atoms with Crippen LogP contribution < -0.4 is 5.32 Å². The summed E-state index contributed by atoms with van der Waals surface area (Å²) in [4.78, 5) is 27.5. The molecule has 0 spiro atoms. The Hall–Kier alpha value is -3.06. The Labute approximate surface area is 174 Å². The second kappa shape index (κ2) is 9.43. The van der Waals surface area contributed by atoms with Crippen LogP contribution in [0.4, 0.5) is 5.69 Å². The third-order valence-electron chi connectivity index (χ3n) is 4.46. The Morgan fingerprint density at radius 2 is 1.76 bits per heavy atom. The van der Waals surface area contributed by atoms with Crippen molar-refractivity contribution in [2.24, 2.45) is 0 Å². The average Bonchev–Trinajstić information content (AvgIpc) is 3.04. The van der Waals surface area contributed by atoms with Crippen molar-refractivity contribution in [2.45, 2.75) is 24.5 Å². The summed E-state index contributed by atoms with van der Waals surface area (Å²) in [7, 11) is 1.63. The number of anilines is 1. The van der Waals surface area contributed by atoms with Crippen molar-refractivity contribution >= 4 is 29.3 Å². The first-order valence-electron chi connectivity index (χ1n) is 9.19. The van der Waals surface area contributed by atoms with Crippen molar-refractivity contribution in [3.63, 3.8) is 0 Å². The molecule has 2 amide bonds. The molecule has 0 aliphatic heterocycles. The molecule has 0 saturated heterocycles. The summed E-state index contributed by atoms with van der Waals surface area (Å²) in [6.07, 6.45) is 0. The number of benzene rings is 2. The Balaban J connectivity index is 1.66. The van der Waals surface area contributed by atoms with Gasteiger partial charge in [0.1, 0.15) is 5.76 Å². The minimum atomic E-state index is -0.243. The van der Waals surface area contributed by atoms with Crippen molar-refractivity contribution in [3.8, 4) is 0 Å². The number of carbonyl (C=O) groups excluding carboxylic acids is 2. The van der Waals surface area contributed by atoms with Crippen molar-refractivity contribution in [2.75, 3.05) is 18.9 Å². The van der Waals surface area contributed by atoms with Crippen LogP contribution in [0.15, 0.2) is 64.0 Å². The number of hydrogen-bond acceptors (Lipinski definition) is 5. The van der Waals surface area contributed by atoms with E-state index in [4.69, 9.17) is 4.52 Å². The van der Waals surface area contributed by atoms with Crippen LogP contribution in [0, 0.1) is 13.8 Å². The second-order valence-electron chi connectivity index (χ2n) is 6.66. The van der Waals surface area contributed by atoms with Gasteiger partial charge < -0.3 is 14.7 Å². The lowest BCUT2D eigenvalue weighted by atomic mass is 10.2. The first-order chi connectivity index (χ1) is 14.0. The molecule has 7 heteroatoms. The van der Waals surface area contributed by atoms with Crippen LogP contribution in [-0.2, 0) is 10.5 Å². The van der Waals surface area contributed by atoms with E-state index in [-0.39, 0.29) is 18.4 Å². The van der Waals surface area contributed by atoms with Crippen LogP contribution in [0.3, 0.4) is 0 Å². The maximum atomic E-state index is 13.0. The minimum absolute atomic E-state index is 0.0312. The van der Waals surface area contributed by atoms with Gasteiger partial charge in [-0.15, -0.1) is 11.8 Å². The summed E-state index contributed by atoms with van der Waals surface area (Å²) < 4.78 is 5.21. The third-order valence-corrected chi connectivity index (χ3v) is 5.56.